The molecule has 18 heavy (non-hydrogen) atoms. The molecule has 1 aliphatic rings. The normalized spacial score (nSPS) is 19.9. The number of benzene rings is 1. The topological polar surface area (TPSA) is 32.3 Å². The van der Waals surface area contributed by atoms with Crippen LogP contribution in [0.5, 0.6) is 0 Å². The number of amides is 1. The number of nitrogens with one attached hydrogen (secondary N) is 1. The van der Waals surface area contributed by atoms with E-state index in [1.807, 2.05) is 13.8 Å². The quantitative estimate of drug-likeness (QED) is 0.916. The number of hydrogen-bond acceptors (Lipinski definition) is 2. The highest BCUT2D eigenvalue weighted by Gasteiger charge is 2.33. The predicted molar refractivity (Wildman–Crippen MR) is 70.4 cm³/mol. The van der Waals surface area contributed by atoms with E-state index in [0.29, 0.717) is 12.2 Å². The van der Waals surface area contributed by atoms with Gasteiger partial charge in [0.15, 0.2) is 0 Å². The van der Waals surface area contributed by atoms with E-state index in [2.05, 4.69) is 5.32 Å². The van der Waals surface area contributed by atoms with Gasteiger partial charge >= 0.3 is 0 Å². The van der Waals surface area contributed by atoms with Crippen molar-refractivity contribution >= 4 is 23.2 Å². The van der Waals surface area contributed by atoms with E-state index in [0.717, 1.165) is 6.42 Å². The molecule has 98 valence electrons. The molecule has 0 radical (unpaired) electrons. The summed E-state index contributed by atoms with van der Waals surface area (Å²) in [4.78, 5) is 13.8. The number of carbonyl (C=O) groups excluding carboxylic acids is 1. The Labute approximate surface area is 111 Å². The van der Waals surface area contributed by atoms with Crippen molar-refractivity contribution in [3.63, 3.8) is 0 Å². The third-order valence-corrected chi connectivity index (χ3v) is 3.24. The van der Waals surface area contributed by atoms with Gasteiger partial charge in [-0.3, -0.25) is 4.79 Å². The molecule has 0 spiro atoms. The second-order valence-corrected chi connectivity index (χ2v) is 5.16. The number of anilines is 1. The van der Waals surface area contributed by atoms with Crippen molar-refractivity contribution in [2.75, 3.05) is 11.4 Å². The fraction of sp³-hybridized carbons (Fsp3) is 0.462. The van der Waals surface area contributed by atoms with Crippen molar-refractivity contribution in [1.82, 2.24) is 5.32 Å². The molecular formula is C13H16ClFN2O. The van der Waals surface area contributed by atoms with E-state index in [1.165, 1.54) is 12.1 Å². The summed E-state index contributed by atoms with van der Waals surface area (Å²) in [6.07, 6.45) is 0.741. The zero-order valence-electron chi connectivity index (χ0n) is 10.4. The minimum Gasteiger partial charge on any atom is -0.310 e. The highest BCUT2D eigenvalue weighted by atomic mass is 35.5. The average Bonchev–Trinajstić information content (AvgIpc) is 2.60. The van der Waals surface area contributed by atoms with Gasteiger partial charge in [-0.2, -0.15) is 0 Å². The first kappa shape index (κ1) is 13.3. The number of carbonyl (C=O) groups is 1. The van der Waals surface area contributed by atoms with Gasteiger partial charge in [0.2, 0.25) is 5.91 Å². The summed E-state index contributed by atoms with van der Waals surface area (Å²) in [6.45, 7) is 4.61. The Hall–Kier alpha value is -1.13. The Bertz CT molecular complexity index is 464. The van der Waals surface area contributed by atoms with Crippen LogP contribution in [0.15, 0.2) is 18.2 Å². The molecule has 0 bridgehead atoms. The molecular weight excluding hydrogens is 255 g/mol. The van der Waals surface area contributed by atoms with E-state index in [-0.39, 0.29) is 23.0 Å². The summed E-state index contributed by atoms with van der Waals surface area (Å²) < 4.78 is 13.0. The van der Waals surface area contributed by atoms with Crippen molar-refractivity contribution in [2.45, 2.75) is 32.4 Å². The van der Waals surface area contributed by atoms with E-state index >= 15 is 0 Å². The minimum absolute atomic E-state index is 0.00259. The lowest BCUT2D eigenvalue weighted by Crippen LogP contribution is -2.41. The highest BCUT2D eigenvalue weighted by molar-refractivity contribution is 6.34. The average molecular weight is 271 g/mol. The van der Waals surface area contributed by atoms with E-state index in [9.17, 15) is 9.18 Å². The van der Waals surface area contributed by atoms with Crippen LogP contribution in [0.4, 0.5) is 10.1 Å². The van der Waals surface area contributed by atoms with Gasteiger partial charge in [0.1, 0.15) is 5.82 Å². The van der Waals surface area contributed by atoms with Crippen LogP contribution in [-0.2, 0) is 4.79 Å². The molecule has 1 atom stereocenters. The molecule has 5 heteroatoms. The maximum absolute atomic E-state index is 13.0. The van der Waals surface area contributed by atoms with Crippen molar-refractivity contribution in [3.05, 3.63) is 29.0 Å². The molecule has 1 fully saturated rings. The maximum Gasteiger partial charge on any atom is 0.244 e. The fourth-order valence-corrected chi connectivity index (χ4v) is 2.45. The molecule has 0 saturated carbocycles. The van der Waals surface area contributed by atoms with Gasteiger partial charge in [0, 0.05) is 12.6 Å². The largest absolute Gasteiger partial charge is 0.310 e. The summed E-state index contributed by atoms with van der Waals surface area (Å²) >= 11 is 5.97. The van der Waals surface area contributed by atoms with E-state index in [1.54, 1.807) is 11.0 Å². The molecule has 2 rings (SSSR count). The van der Waals surface area contributed by atoms with Crippen LogP contribution in [0.25, 0.3) is 0 Å². The summed E-state index contributed by atoms with van der Waals surface area (Å²) in [6, 6.07) is 4.17. The monoisotopic (exact) mass is 270 g/mol. The molecule has 1 aromatic rings. The summed E-state index contributed by atoms with van der Waals surface area (Å²) in [5, 5.41) is 3.49. The molecule has 1 aromatic carbocycles. The standard InChI is InChI=1S/C13H16ClFN2O/c1-8(2)16-11-5-6-17(13(11)18)12-4-3-9(15)7-10(12)14/h3-4,7-8,11,16H,5-6H2,1-2H3. The first-order chi connectivity index (χ1) is 8.49. The van der Waals surface area contributed by atoms with Gasteiger partial charge in [-0.05, 0) is 24.6 Å². The number of rotatable bonds is 3. The molecule has 1 unspecified atom stereocenters. The van der Waals surface area contributed by atoms with Gasteiger partial charge in [0.25, 0.3) is 0 Å². The van der Waals surface area contributed by atoms with Crippen LogP contribution in [-0.4, -0.2) is 24.5 Å². The lowest BCUT2D eigenvalue weighted by molar-refractivity contribution is -0.118. The zero-order valence-corrected chi connectivity index (χ0v) is 11.2. The summed E-state index contributed by atoms with van der Waals surface area (Å²) in [7, 11) is 0. The first-order valence-electron chi connectivity index (χ1n) is 6.01. The van der Waals surface area contributed by atoms with Crippen LogP contribution in [0.3, 0.4) is 0 Å². The molecule has 0 aromatic heterocycles. The Morgan fingerprint density at radius 2 is 2.22 bits per heavy atom. The molecule has 3 nitrogen and oxygen atoms in total. The van der Waals surface area contributed by atoms with Crippen LogP contribution < -0.4 is 10.2 Å². The SMILES string of the molecule is CC(C)NC1CCN(c2ccc(F)cc2Cl)C1=O. The summed E-state index contributed by atoms with van der Waals surface area (Å²) in [5.74, 6) is -0.399. The van der Waals surface area contributed by atoms with Crippen LogP contribution in [0, 0.1) is 5.82 Å². The molecule has 0 aliphatic carbocycles. The second kappa shape index (κ2) is 5.24. The van der Waals surface area contributed by atoms with Crippen LogP contribution >= 0.6 is 11.6 Å². The highest BCUT2D eigenvalue weighted by Crippen LogP contribution is 2.30. The molecule has 1 heterocycles. The Balaban J connectivity index is 2.18. The maximum atomic E-state index is 13.0. The number of hydrogen-bond donors (Lipinski definition) is 1. The molecule has 1 saturated heterocycles. The Kier molecular flexibility index (Phi) is 3.88. The smallest absolute Gasteiger partial charge is 0.244 e. The van der Waals surface area contributed by atoms with Gasteiger partial charge in [-0.25, -0.2) is 4.39 Å². The van der Waals surface area contributed by atoms with Gasteiger partial charge in [-0.1, -0.05) is 25.4 Å². The first-order valence-corrected chi connectivity index (χ1v) is 6.39. The second-order valence-electron chi connectivity index (χ2n) is 4.75. The van der Waals surface area contributed by atoms with Crippen LogP contribution in [0.1, 0.15) is 20.3 Å². The van der Waals surface area contributed by atoms with E-state index < -0.39 is 5.82 Å². The molecule has 1 aliphatic heterocycles. The van der Waals surface area contributed by atoms with Gasteiger partial charge < -0.3 is 10.2 Å². The third kappa shape index (κ3) is 2.65. The minimum atomic E-state index is -0.396. The van der Waals surface area contributed by atoms with Crippen LogP contribution in [0.2, 0.25) is 5.02 Å². The lowest BCUT2D eigenvalue weighted by Gasteiger charge is -2.19. The van der Waals surface area contributed by atoms with Crippen molar-refractivity contribution in [3.8, 4) is 0 Å². The zero-order chi connectivity index (χ0) is 13.3. The number of halogens is 2. The van der Waals surface area contributed by atoms with Gasteiger partial charge in [0.05, 0.1) is 16.8 Å². The third-order valence-electron chi connectivity index (χ3n) is 2.94. The predicted octanol–water partition coefficient (Wildman–Crippen LogP) is 2.58. The Morgan fingerprint density at radius 3 is 2.83 bits per heavy atom. The molecule has 1 amide bonds. The van der Waals surface area contributed by atoms with Crippen molar-refractivity contribution in [2.24, 2.45) is 0 Å². The fourth-order valence-electron chi connectivity index (χ4n) is 2.18. The summed E-state index contributed by atoms with van der Waals surface area (Å²) in [5.41, 5.74) is 0.580. The molecule has 1 N–H and O–H groups in total. The lowest BCUT2D eigenvalue weighted by atomic mass is 10.2. The van der Waals surface area contributed by atoms with Gasteiger partial charge in [-0.15, -0.1) is 0 Å². The Morgan fingerprint density at radius 1 is 1.50 bits per heavy atom. The van der Waals surface area contributed by atoms with Crippen molar-refractivity contribution in [1.29, 1.82) is 0 Å². The number of nitrogens with zero attached hydrogens (tertiary/aromatic N) is 1. The van der Waals surface area contributed by atoms with Crippen molar-refractivity contribution < 1.29 is 9.18 Å². The van der Waals surface area contributed by atoms with E-state index in [4.69, 9.17) is 11.6 Å².